The number of aryl methyl sites for hydroxylation is 1. The fourth-order valence-electron chi connectivity index (χ4n) is 3.50. The van der Waals surface area contributed by atoms with E-state index in [9.17, 15) is 4.79 Å². The quantitative estimate of drug-likeness (QED) is 0.202. The number of amides is 1. The predicted octanol–water partition coefficient (Wildman–Crippen LogP) is 3.76. The molecule has 0 radical (unpaired) electrons. The summed E-state index contributed by atoms with van der Waals surface area (Å²) in [5, 5.41) is 9.55. The van der Waals surface area contributed by atoms with E-state index in [0.29, 0.717) is 37.9 Å². The van der Waals surface area contributed by atoms with Crippen molar-refractivity contribution in [3.8, 4) is 5.75 Å². The highest BCUT2D eigenvalue weighted by molar-refractivity contribution is 14.0. The summed E-state index contributed by atoms with van der Waals surface area (Å²) in [5.41, 5.74) is 2.27. The van der Waals surface area contributed by atoms with Gasteiger partial charge in [0.2, 0.25) is 5.91 Å². The van der Waals surface area contributed by atoms with E-state index in [1.165, 1.54) is 31.2 Å². The normalized spacial score (nSPS) is 14.4. The molecule has 29 heavy (non-hydrogen) atoms. The number of carbonyl (C=O) groups excluding carboxylic acids is 1. The van der Waals surface area contributed by atoms with Crippen molar-refractivity contribution < 1.29 is 9.53 Å². The van der Waals surface area contributed by atoms with Crippen LogP contribution in [0.5, 0.6) is 5.75 Å². The Morgan fingerprint density at radius 2 is 1.86 bits per heavy atom. The second kappa shape index (κ2) is 13.7. The second-order valence-corrected chi connectivity index (χ2v) is 7.83. The number of carbonyl (C=O) groups is 1. The zero-order valence-electron chi connectivity index (χ0n) is 18.2. The van der Waals surface area contributed by atoms with Gasteiger partial charge in [0.1, 0.15) is 5.75 Å². The molecule has 0 atom stereocenters. The number of guanidine groups is 1. The van der Waals surface area contributed by atoms with E-state index in [1.54, 1.807) is 7.05 Å². The monoisotopic (exact) mass is 516 g/mol. The number of hydrogen-bond donors (Lipinski definition) is 3. The first-order valence-corrected chi connectivity index (χ1v) is 10.5. The van der Waals surface area contributed by atoms with Crippen LogP contribution < -0.4 is 20.7 Å². The van der Waals surface area contributed by atoms with Crippen molar-refractivity contribution in [3.05, 3.63) is 29.3 Å². The molecule has 1 aliphatic carbocycles. The number of ether oxygens (including phenoxy) is 1. The average molecular weight is 516 g/mol. The summed E-state index contributed by atoms with van der Waals surface area (Å²) in [7, 11) is 1.74. The van der Waals surface area contributed by atoms with Crippen LogP contribution in [0.4, 0.5) is 0 Å². The molecule has 1 fully saturated rings. The molecule has 1 aromatic carbocycles. The van der Waals surface area contributed by atoms with Gasteiger partial charge in [-0.15, -0.1) is 24.0 Å². The lowest BCUT2D eigenvalue weighted by molar-refractivity contribution is -0.121. The summed E-state index contributed by atoms with van der Waals surface area (Å²) in [6.45, 7) is 7.97. The van der Waals surface area contributed by atoms with Gasteiger partial charge in [0.15, 0.2) is 5.96 Å². The summed E-state index contributed by atoms with van der Waals surface area (Å²) >= 11 is 0. The number of nitrogens with zero attached hydrogens (tertiary/aromatic N) is 1. The van der Waals surface area contributed by atoms with Gasteiger partial charge >= 0.3 is 0 Å². The largest absolute Gasteiger partial charge is 0.491 e. The third kappa shape index (κ3) is 9.69. The van der Waals surface area contributed by atoms with Crippen LogP contribution >= 0.6 is 24.0 Å². The molecule has 164 valence electrons. The molecule has 7 heteroatoms. The summed E-state index contributed by atoms with van der Waals surface area (Å²) in [5.74, 6) is 2.35. The van der Waals surface area contributed by atoms with Gasteiger partial charge in [-0.05, 0) is 51.2 Å². The third-order valence-corrected chi connectivity index (χ3v) is 4.94. The molecule has 0 aromatic heterocycles. The van der Waals surface area contributed by atoms with Crippen LogP contribution in [0.2, 0.25) is 0 Å². The van der Waals surface area contributed by atoms with E-state index >= 15 is 0 Å². The number of aliphatic imine (C=N–C) groups is 1. The van der Waals surface area contributed by atoms with E-state index in [2.05, 4.69) is 46.1 Å². The molecule has 3 N–H and O–H groups in total. The van der Waals surface area contributed by atoms with Crippen molar-refractivity contribution in [3.63, 3.8) is 0 Å². The zero-order chi connectivity index (χ0) is 20.4. The van der Waals surface area contributed by atoms with Gasteiger partial charge in [-0.3, -0.25) is 9.79 Å². The molecule has 0 bridgehead atoms. The molecule has 2 rings (SSSR count). The van der Waals surface area contributed by atoms with Crippen LogP contribution in [-0.4, -0.2) is 38.1 Å². The number of rotatable bonds is 9. The number of halogens is 1. The molecule has 0 aliphatic heterocycles. The lowest BCUT2D eigenvalue weighted by Gasteiger charge is -2.17. The van der Waals surface area contributed by atoms with Crippen LogP contribution in [0, 0.1) is 12.8 Å². The summed E-state index contributed by atoms with van der Waals surface area (Å²) in [4.78, 5) is 16.2. The van der Waals surface area contributed by atoms with Gasteiger partial charge in [-0.1, -0.05) is 25.0 Å². The van der Waals surface area contributed by atoms with Crippen molar-refractivity contribution in [2.45, 2.75) is 65.5 Å². The number of nitrogens with one attached hydrogen (secondary N) is 3. The summed E-state index contributed by atoms with van der Waals surface area (Å²) < 4.78 is 5.92. The Bertz CT molecular complexity index is 658. The minimum absolute atomic E-state index is 0. The maximum absolute atomic E-state index is 12.0. The van der Waals surface area contributed by atoms with Gasteiger partial charge in [0.05, 0.1) is 6.10 Å². The van der Waals surface area contributed by atoms with Crippen LogP contribution in [0.1, 0.15) is 57.1 Å². The molecule has 0 spiro atoms. The Morgan fingerprint density at radius 3 is 2.52 bits per heavy atom. The lowest BCUT2D eigenvalue weighted by Crippen LogP contribution is -2.41. The second-order valence-electron chi connectivity index (χ2n) is 7.83. The maximum atomic E-state index is 12.0. The molecular formula is C22H37IN4O2. The highest BCUT2D eigenvalue weighted by atomic mass is 127. The first-order valence-electron chi connectivity index (χ1n) is 10.5. The van der Waals surface area contributed by atoms with Crippen molar-refractivity contribution in [2.24, 2.45) is 10.9 Å². The van der Waals surface area contributed by atoms with Crippen molar-refractivity contribution in [1.82, 2.24) is 16.0 Å². The Hall–Kier alpha value is -1.51. The Balaban J connectivity index is 0.00000420. The summed E-state index contributed by atoms with van der Waals surface area (Å²) in [6, 6.07) is 6.23. The van der Waals surface area contributed by atoms with Crippen molar-refractivity contribution >= 4 is 35.8 Å². The fraction of sp³-hybridized carbons (Fsp3) is 0.636. The van der Waals surface area contributed by atoms with Gasteiger partial charge < -0.3 is 20.7 Å². The summed E-state index contributed by atoms with van der Waals surface area (Å²) in [6.07, 6.45) is 5.73. The van der Waals surface area contributed by atoms with Gasteiger partial charge in [-0.2, -0.15) is 0 Å². The first-order chi connectivity index (χ1) is 13.5. The van der Waals surface area contributed by atoms with Crippen LogP contribution in [0.15, 0.2) is 23.2 Å². The average Bonchev–Trinajstić information content (AvgIpc) is 3.15. The first kappa shape index (κ1) is 25.5. The highest BCUT2D eigenvalue weighted by Crippen LogP contribution is 2.27. The van der Waals surface area contributed by atoms with E-state index in [0.717, 1.165) is 11.3 Å². The Kier molecular flexibility index (Phi) is 12.0. The lowest BCUT2D eigenvalue weighted by atomic mass is 10.0. The molecule has 1 amide bonds. The number of benzene rings is 1. The molecule has 0 saturated heterocycles. The van der Waals surface area contributed by atoms with Gasteiger partial charge in [-0.25, -0.2) is 0 Å². The van der Waals surface area contributed by atoms with Crippen molar-refractivity contribution in [2.75, 3.05) is 20.1 Å². The third-order valence-electron chi connectivity index (χ3n) is 4.94. The molecule has 1 aromatic rings. The molecule has 6 nitrogen and oxygen atoms in total. The SMILES string of the molecule is CN=C(NCCNC(=O)CC1CCCC1)NCc1ccc(C)cc1OC(C)C.I. The van der Waals surface area contributed by atoms with E-state index < -0.39 is 0 Å². The predicted molar refractivity (Wildman–Crippen MR) is 130 cm³/mol. The zero-order valence-corrected chi connectivity index (χ0v) is 20.5. The van der Waals surface area contributed by atoms with E-state index in [1.807, 2.05) is 13.8 Å². The van der Waals surface area contributed by atoms with Gasteiger partial charge in [0.25, 0.3) is 0 Å². The Labute approximate surface area is 192 Å². The molecule has 1 saturated carbocycles. The Morgan fingerprint density at radius 1 is 1.17 bits per heavy atom. The fourth-order valence-corrected chi connectivity index (χ4v) is 3.50. The van der Waals surface area contributed by atoms with E-state index in [4.69, 9.17) is 4.74 Å². The van der Waals surface area contributed by atoms with E-state index in [-0.39, 0.29) is 36.0 Å². The standard InChI is InChI=1S/C22H36N4O2.HI/c1-16(2)28-20-13-17(3)9-10-19(20)15-26-22(23-4)25-12-11-24-21(27)14-18-7-5-6-8-18;/h9-10,13,16,18H,5-8,11-12,14-15H2,1-4H3,(H,24,27)(H2,23,25,26);1H. The molecule has 0 heterocycles. The van der Waals surface area contributed by atoms with Crippen LogP contribution in [-0.2, 0) is 11.3 Å². The molecule has 0 unspecified atom stereocenters. The molecule has 1 aliphatic rings. The van der Waals surface area contributed by atoms with Crippen LogP contribution in [0.3, 0.4) is 0 Å². The van der Waals surface area contributed by atoms with Gasteiger partial charge in [0, 0.05) is 38.7 Å². The van der Waals surface area contributed by atoms with Crippen LogP contribution in [0.25, 0.3) is 0 Å². The number of hydrogen-bond acceptors (Lipinski definition) is 3. The van der Waals surface area contributed by atoms with Crippen molar-refractivity contribution in [1.29, 1.82) is 0 Å². The minimum atomic E-state index is 0. The smallest absolute Gasteiger partial charge is 0.220 e. The minimum Gasteiger partial charge on any atom is -0.491 e. The molecular weight excluding hydrogens is 479 g/mol. The maximum Gasteiger partial charge on any atom is 0.220 e. The topological polar surface area (TPSA) is 74.8 Å². The highest BCUT2D eigenvalue weighted by Gasteiger charge is 2.18.